The summed E-state index contributed by atoms with van der Waals surface area (Å²) < 4.78 is 35.2. The largest absolute Gasteiger partial charge is 0.610 e. The summed E-state index contributed by atoms with van der Waals surface area (Å²) in [7, 11) is 0. The van der Waals surface area contributed by atoms with Crippen molar-refractivity contribution < 1.29 is 13.3 Å². The van der Waals surface area contributed by atoms with Crippen LogP contribution in [-0.4, -0.2) is 15.3 Å². The fourth-order valence-corrected chi connectivity index (χ4v) is 2.98. The van der Waals surface area contributed by atoms with Crippen molar-refractivity contribution in [3.63, 3.8) is 0 Å². The first kappa shape index (κ1) is 11.6. The number of rotatable bonds is 4. The Hall–Kier alpha value is -0.460. The van der Waals surface area contributed by atoms with Crippen LogP contribution in [0.25, 0.3) is 0 Å². The van der Waals surface area contributed by atoms with Gasteiger partial charge >= 0.3 is 4.34 Å². The Balaban J connectivity index is 2.43. The van der Waals surface area contributed by atoms with Gasteiger partial charge in [0.25, 0.3) is 6.08 Å². The van der Waals surface area contributed by atoms with Gasteiger partial charge in [-0.15, -0.1) is 0 Å². The topological polar surface area (TPSA) is 36.0 Å². The summed E-state index contributed by atoms with van der Waals surface area (Å²) in [6.07, 6.45) is 0.799. The molecule has 0 fully saturated rings. The highest BCUT2D eigenvalue weighted by atomic mass is 32.2. The van der Waals surface area contributed by atoms with Crippen LogP contribution in [0.15, 0.2) is 22.7 Å². The summed E-state index contributed by atoms with van der Waals surface area (Å²) in [6, 6.07) is 0. The van der Waals surface area contributed by atoms with Gasteiger partial charge in [0.1, 0.15) is 5.75 Å². The zero-order chi connectivity index (χ0) is 10.6. The number of nitrogens with zero attached hydrogens (tertiary/aromatic N) is 1. The number of thiazole rings is 1. The molecular formula is C8H9F2NOS2. The van der Waals surface area contributed by atoms with Crippen LogP contribution >= 0.6 is 11.3 Å². The van der Waals surface area contributed by atoms with Crippen molar-refractivity contribution in [3.8, 4) is 0 Å². The third kappa shape index (κ3) is 3.73. The summed E-state index contributed by atoms with van der Waals surface area (Å²) in [5.74, 6) is 0.199. The molecule has 0 aromatic carbocycles. The first-order valence-corrected chi connectivity index (χ1v) is 6.05. The van der Waals surface area contributed by atoms with Gasteiger partial charge in [0.05, 0.1) is 0 Å². The molecule has 1 rings (SSSR count). The smallest absolute Gasteiger partial charge is 0.301 e. The van der Waals surface area contributed by atoms with Crippen LogP contribution in [0.4, 0.5) is 8.78 Å². The van der Waals surface area contributed by atoms with Crippen LogP contribution < -0.4 is 0 Å². The Morgan fingerprint density at radius 3 is 2.93 bits per heavy atom. The molecule has 6 heteroatoms. The van der Waals surface area contributed by atoms with Gasteiger partial charge in [-0.3, -0.25) is 0 Å². The van der Waals surface area contributed by atoms with E-state index < -0.39 is 17.3 Å². The Labute approximate surface area is 87.9 Å². The lowest BCUT2D eigenvalue weighted by Gasteiger charge is -2.03. The van der Waals surface area contributed by atoms with Crippen LogP contribution in [0.1, 0.15) is 11.3 Å². The minimum absolute atomic E-state index is 0.119. The van der Waals surface area contributed by atoms with Crippen LogP contribution in [0.3, 0.4) is 0 Å². The Kier molecular flexibility index (Phi) is 4.50. The predicted octanol–water partition coefficient (Wildman–Crippen LogP) is 2.73. The zero-order valence-corrected chi connectivity index (χ0v) is 9.13. The van der Waals surface area contributed by atoms with E-state index >= 15 is 0 Å². The summed E-state index contributed by atoms with van der Waals surface area (Å²) in [6.45, 7) is 1.86. The van der Waals surface area contributed by atoms with E-state index in [9.17, 15) is 13.3 Å². The van der Waals surface area contributed by atoms with E-state index in [1.807, 2.05) is 6.92 Å². The molecule has 1 heterocycles. The number of hydrogen-bond donors (Lipinski definition) is 0. The lowest BCUT2D eigenvalue weighted by Crippen LogP contribution is -2.05. The number of aryl methyl sites for hydroxylation is 1. The van der Waals surface area contributed by atoms with E-state index in [0.717, 1.165) is 11.0 Å². The molecule has 0 saturated heterocycles. The molecule has 0 saturated carbocycles. The Morgan fingerprint density at radius 2 is 2.43 bits per heavy atom. The van der Waals surface area contributed by atoms with E-state index in [1.54, 1.807) is 6.20 Å². The monoisotopic (exact) mass is 237 g/mol. The summed E-state index contributed by atoms with van der Waals surface area (Å²) in [4.78, 5) is 4.90. The van der Waals surface area contributed by atoms with Crippen molar-refractivity contribution in [2.45, 2.75) is 17.7 Å². The molecule has 0 aliphatic rings. The molecule has 78 valence electrons. The second kappa shape index (κ2) is 5.43. The second-order valence-corrected chi connectivity index (χ2v) is 5.55. The molecule has 0 N–H and O–H groups in total. The SMILES string of the molecule is Cc1cnc([S+]([O-])CCC=C(F)F)s1. The third-order valence-electron chi connectivity index (χ3n) is 1.40. The molecule has 0 aliphatic carbocycles. The normalized spacial score (nSPS) is 12.6. The summed E-state index contributed by atoms with van der Waals surface area (Å²) >= 11 is 0.0857. The Bertz CT molecular complexity index is 323. The third-order valence-corrected chi connectivity index (χ3v) is 4.01. The lowest BCUT2D eigenvalue weighted by atomic mass is 10.5. The highest BCUT2D eigenvalue weighted by molar-refractivity contribution is 7.93. The molecule has 0 amide bonds. The lowest BCUT2D eigenvalue weighted by molar-refractivity contribution is 0.418. The van der Waals surface area contributed by atoms with Crippen molar-refractivity contribution in [1.82, 2.24) is 4.98 Å². The van der Waals surface area contributed by atoms with Crippen LogP contribution in [0.2, 0.25) is 0 Å². The predicted molar refractivity (Wildman–Crippen MR) is 53.0 cm³/mol. The number of hydrogen-bond acceptors (Lipinski definition) is 3. The molecule has 1 atom stereocenters. The molecule has 1 unspecified atom stereocenters. The Morgan fingerprint density at radius 1 is 1.71 bits per heavy atom. The number of allylic oxidation sites excluding steroid dienone is 1. The maximum Gasteiger partial charge on any atom is 0.301 e. The molecular weight excluding hydrogens is 228 g/mol. The maximum absolute atomic E-state index is 11.6. The van der Waals surface area contributed by atoms with E-state index in [4.69, 9.17) is 0 Å². The molecule has 0 aliphatic heterocycles. The number of halogens is 2. The van der Waals surface area contributed by atoms with Crippen molar-refractivity contribution in [2.75, 3.05) is 5.75 Å². The molecule has 0 spiro atoms. The van der Waals surface area contributed by atoms with E-state index in [-0.39, 0.29) is 12.2 Å². The van der Waals surface area contributed by atoms with Gasteiger partial charge in [-0.1, -0.05) is 11.3 Å². The minimum atomic E-state index is -1.72. The van der Waals surface area contributed by atoms with Gasteiger partial charge in [-0.2, -0.15) is 13.8 Å². The van der Waals surface area contributed by atoms with E-state index in [0.29, 0.717) is 4.34 Å². The average Bonchev–Trinajstić information content (AvgIpc) is 2.51. The molecule has 0 bridgehead atoms. The zero-order valence-electron chi connectivity index (χ0n) is 7.50. The first-order chi connectivity index (χ1) is 6.59. The van der Waals surface area contributed by atoms with Crippen molar-refractivity contribution >= 4 is 22.5 Å². The van der Waals surface area contributed by atoms with Crippen LogP contribution in [0.5, 0.6) is 0 Å². The van der Waals surface area contributed by atoms with Gasteiger partial charge in [-0.25, -0.2) is 0 Å². The summed E-state index contributed by atoms with van der Waals surface area (Å²) in [5, 5.41) is 0. The maximum atomic E-state index is 11.6. The second-order valence-electron chi connectivity index (χ2n) is 2.57. The quantitative estimate of drug-likeness (QED) is 0.755. The highest BCUT2D eigenvalue weighted by Crippen LogP contribution is 2.19. The van der Waals surface area contributed by atoms with E-state index in [1.165, 1.54) is 11.3 Å². The number of aromatic nitrogens is 1. The molecule has 14 heavy (non-hydrogen) atoms. The van der Waals surface area contributed by atoms with Crippen molar-refractivity contribution in [2.24, 2.45) is 0 Å². The standard InChI is InChI=1S/C8H9F2NOS2/c1-6-5-11-8(13-6)14(12)4-2-3-7(9)10/h3,5H,2,4H2,1H3. The van der Waals surface area contributed by atoms with Gasteiger partial charge < -0.3 is 4.55 Å². The fraction of sp³-hybridized carbons (Fsp3) is 0.375. The summed E-state index contributed by atoms with van der Waals surface area (Å²) in [5.41, 5.74) is 0. The highest BCUT2D eigenvalue weighted by Gasteiger charge is 2.14. The minimum Gasteiger partial charge on any atom is -0.610 e. The average molecular weight is 237 g/mol. The van der Waals surface area contributed by atoms with Gasteiger partial charge in [0, 0.05) is 28.7 Å². The van der Waals surface area contributed by atoms with Gasteiger partial charge in [-0.05, 0) is 13.0 Å². The van der Waals surface area contributed by atoms with Gasteiger partial charge in [0.2, 0.25) is 0 Å². The molecule has 1 aromatic rings. The van der Waals surface area contributed by atoms with Crippen LogP contribution in [0, 0.1) is 6.92 Å². The fourth-order valence-electron chi connectivity index (χ4n) is 0.802. The van der Waals surface area contributed by atoms with Crippen molar-refractivity contribution in [3.05, 3.63) is 23.2 Å². The van der Waals surface area contributed by atoms with Gasteiger partial charge in [0.15, 0.2) is 0 Å². The molecule has 0 radical (unpaired) electrons. The first-order valence-electron chi connectivity index (χ1n) is 3.91. The van der Waals surface area contributed by atoms with E-state index in [2.05, 4.69) is 4.98 Å². The molecule has 1 aromatic heterocycles. The molecule has 2 nitrogen and oxygen atoms in total. The van der Waals surface area contributed by atoms with Crippen LogP contribution in [-0.2, 0) is 11.2 Å². The van der Waals surface area contributed by atoms with Crippen molar-refractivity contribution in [1.29, 1.82) is 0 Å².